The third-order valence-corrected chi connectivity index (χ3v) is 4.09. The Morgan fingerprint density at radius 3 is 2.25 bits per heavy atom. The van der Waals surface area contributed by atoms with E-state index >= 15 is 0 Å². The Morgan fingerprint density at radius 2 is 1.92 bits per heavy atom. The average molecular weight is 208 g/mol. The van der Waals surface area contributed by atoms with E-state index in [2.05, 4.69) is 10.4 Å². The lowest BCUT2D eigenvalue weighted by atomic mass is 10.8. The molecule has 0 aliphatic heterocycles. The molecule has 4 nitrogen and oxygen atoms in total. The van der Waals surface area contributed by atoms with Crippen molar-refractivity contribution in [3.05, 3.63) is 0 Å². The molecule has 0 amide bonds. The summed E-state index contributed by atoms with van der Waals surface area (Å²) in [5.41, 5.74) is 0. The van der Waals surface area contributed by atoms with Gasteiger partial charge in [-0.2, -0.15) is 0 Å². The normalized spacial score (nSPS) is 15.8. The van der Waals surface area contributed by atoms with Gasteiger partial charge in [-0.15, -0.1) is 0 Å². The topological polar surface area (TPSA) is 55.8 Å². The zero-order valence-electron chi connectivity index (χ0n) is 7.62. The number of hydrogen-bond donors (Lipinski definition) is 1. The molecule has 1 N–H and O–H groups in total. The highest BCUT2D eigenvalue weighted by molar-refractivity contribution is 7.49. The number of phosphoric acid groups is 1. The van der Waals surface area contributed by atoms with Crippen molar-refractivity contribution in [1.29, 1.82) is 0 Å². The van der Waals surface area contributed by atoms with Crippen LogP contribution in [0.2, 0.25) is 19.6 Å². The van der Waals surface area contributed by atoms with Crippen LogP contribution in [0.3, 0.4) is 0 Å². The summed E-state index contributed by atoms with van der Waals surface area (Å²) in [5, 5.41) is 0. The maximum absolute atomic E-state index is 11.0. The second-order valence-electron chi connectivity index (χ2n) is 3.12. The van der Waals surface area contributed by atoms with Gasteiger partial charge in [-0.25, -0.2) is 4.57 Å². The van der Waals surface area contributed by atoms with Crippen LogP contribution >= 0.6 is 7.82 Å². The number of hydrogen-bond acceptors (Lipinski definition) is 3. The van der Waals surface area contributed by atoms with Crippen LogP contribution in [0.25, 0.3) is 0 Å². The van der Waals surface area contributed by atoms with Gasteiger partial charge in [0.1, 0.15) is 6.11 Å². The van der Waals surface area contributed by atoms with Crippen molar-refractivity contribution >= 4 is 16.1 Å². The lowest BCUT2D eigenvalue weighted by Crippen LogP contribution is -2.23. The molecule has 0 bridgehead atoms. The van der Waals surface area contributed by atoms with Crippen molar-refractivity contribution in [2.75, 3.05) is 0 Å². The van der Waals surface area contributed by atoms with Crippen LogP contribution in [0.4, 0.5) is 0 Å². The average Bonchev–Trinajstić information content (AvgIpc) is 1.78. The molecule has 0 aliphatic carbocycles. The van der Waals surface area contributed by atoms with Crippen molar-refractivity contribution in [2.24, 2.45) is 0 Å². The summed E-state index contributed by atoms with van der Waals surface area (Å²) < 4.78 is 20.2. The predicted octanol–water partition coefficient (Wildman–Crippen LogP) is 1.94. The Labute approximate surface area is 73.6 Å². The van der Waals surface area contributed by atoms with Crippen LogP contribution in [0.5, 0.6) is 0 Å². The lowest BCUT2D eigenvalue weighted by molar-refractivity contribution is 0.275. The number of phosphoric ester groups is 1. The van der Waals surface area contributed by atoms with Gasteiger partial charge in [-0.3, -0.25) is 4.89 Å². The fraction of sp³-hybridized carbons (Fsp3) is 0.667. The van der Waals surface area contributed by atoms with Gasteiger partial charge in [-0.05, 0) is 19.6 Å². The van der Waals surface area contributed by atoms with E-state index in [9.17, 15) is 4.57 Å². The van der Waals surface area contributed by atoms with Gasteiger partial charge in [0, 0.05) is 6.92 Å². The second-order valence-corrected chi connectivity index (χ2v) is 9.19. The Kier molecular flexibility index (Phi) is 4.01. The summed E-state index contributed by atoms with van der Waals surface area (Å²) in [6, 6.07) is 0. The molecule has 0 fully saturated rings. The first-order valence-electron chi connectivity index (χ1n) is 3.41. The standard InChI is InChI=1S/C6H13O4PSi/c1-5-6-9-11(7,8)10-12(2,3)4/h1-4H3,(H,7,8). The molecule has 0 aromatic rings. The first-order chi connectivity index (χ1) is 5.27. The molecule has 0 aromatic heterocycles. The highest BCUT2D eigenvalue weighted by Crippen LogP contribution is 2.45. The first kappa shape index (κ1) is 11.7. The molecule has 0 radical (unpaired) electrons. The van der Waals surface area contributed by atoms with Crippen molar-refractivity contribution < 1.29 is 18.2 Å². The van der Waals surface area contributed by atoms with Crippen molar-refractivity contribution in [1.82, 2.24) is 0 Å². The third-order valence-electron chi connectivity index (χ3n) is 0.652. The molecule has 1 unspecified atom stereocenters. The van der Waals surface area contributed by atoms with E-state index in [1.165, 1.54) is 6.92 Å². The summed E-state index contributed by atoms with van der Waals surface area (Å²) >= 11 is 0. The minimum absolute atomic E-state index is 1.51. The van der Waals surface area contributed by atoms with E-state index in [0.717, 1.165) is 0 Å². The van der Waals surface area contributed by atoms with E-state index in [1.54, 1.807) is 19.6 Å². The molecule has 6 heteroatoms. The maximum Gasteiger partial charge on any atom is 0.525 e. The summed E-state index contributed by atoms with van der Waals surface area (Å²) in [6.07, 6.45) is 2.05. The summed E-state index contributed by atoms with van der Waals surface area (Å²) in [4.78, 5) is 9.02. The van der Waals surface area contributed by atoms with Crippen molar-refractivity contribution in [3.63, 3.8) is 0 Å². The second kappa shape index (κ2) is 4.10. The highest BCUT2D eigenvalue weighted by atomic mass is 31.2. The van der Waals surface area contributed by atoms with E-state index < -0.39 is 16.1 Å². The number of rotatable bonds is 3. The van der Waals surface area contributed by atoms with Crippen LogP contribution in [0.15, 0.2) is 0 Å². The third kappa shape index (κ3) is 6.44. The SMILES string of the molecule is CC#COP(=O)(O)O[Si](C)(C)C. The van der Waals surface area contributed by atoms with Gasteiger partial charge in [0.05, 0.1) is 0 Å². The molecule has 0 saturated heterocycles. The maximum atomic E-state index is 11.0. The molecule has 70 valence electrons. The van der Waals surface area contributed by atoms with Gasteiger partial charge in [0.25, 0.3) is 0 Å². The molecule has 0 spiro atoms. The fourth-order valence-electron chi connectivity index (χ4n) is 0.468. The molecule has 0 saturated carbocycles. The largest absolute Gasteiger partial charge is 0.525 e. The van der Waals surface area contributed by atoms with Crippen LogP contribution < -0.4 is 0 Å². The van der Waals surface area contributed by atoms with Crippen LogP contribution in [0.1, 0.15) is 6.92 Å². The smallest absolute Gasteiger partial charge is 0.351 e. The van der Waals surface area contributed by atoms with Gasteiger partial charge < -0.3 is 8.74 Å². The summed E-state index contributed by atoms with van der Waals surface area (Å²) in [5.74, 6) is 2.34. The Balaban J connectivity index is 4.21. The monoisotopic (exact) mass is 208 g/mol. The summed E-state index contributed by atoms with van der Waals surface area (Å²) in [7, 11) is -5.99. The van der Waals surface area contributed by atoms with Crippen LogP contribution in [-0.2, 0) is 13.3 Å². The quantitative estimate of drug-likeness (QED) is 0.437. The molecule has 0 rings (SSSR count). The first-order valence-corrected chi connectivity index (χ1v) is 8.31. The molecule has 12 heavy (non-hydrogen) atoms. The lowest BCUT2D eigenvalue weighted by Gasteiger charge is -2.18. The van der Waals surface area contributed by atoms with Gasteiger partial charge in [0.15, 0.2) is 8.32 Å². The zero-order chi connectivity index (χ0) is 9.83. The Hall–Kier alpha value is -0.273. The molecular weight excluding hydrogens is 195 g/mol. The van der Waals surface area contributed by atoms with Gasteiger partial charge in [-0.1, -0.05) is 5.92 Å². The van der Waals surface area contributed by atoms with Gasteiger partial charge >= 0.3 is 7.82 Å². The minimum Gasteiger partial charge on any atom is -0.351 e. The molecule has 0 aromatic carbocycles. The molecule has 0 aliphatic rings. The van der Waals surface area contributed by atoms with Crippen molar-refractivity contribution in [2.45, 2.75) is 26.6 Å². The molecule has 1 atom stereocenters. The van der Waals surface area contributed by atoms with Crippen LogP contribution in [0, 0.1) is 12.0 Å². The minimum atomic E-state index is -3.94. The van der Waals surface area contributed by atoms with Crippen LogP contribution in [-0.4, -0.2) is 13.2 Å². The summed E-state index contributed by atoms with van der Waals surface area (Å²) in [6.45, 7) is 6.88. The zero-order valence-corrected chi connectivity index (χ0v) is 9.51. The van der Waals surface area contributed by atoms with Crippen molar-refractivity contribution in [3.8, 4) is 12.0 Å². The van der Waals surface area contributed by atoms with E-state index in [1.807, 2.05) is 6.11 Å². The fourth-order valence-corrected chi connectivity index (χ4v) is 3.59. The van der Waals surface area contributed by atoms with Gasteiger partial charge in [0.2, 0.25) is 0 Å². The molecular formula is C6H13O4PSi. The molecule has 0 heterocycles. The Morgan fingerprint density at radius 1 is 1.42 bits per heavy atom. The Bertz CT molecular complexity index is 246. The predicted molar refractivity (Wildman–Crippen MR) is 48.8 cm³/mol. The van der Waals surface area contributed by atoms with E-state index in [-0.39, 0.29) is 0 Å². The van der Waals surface area contributed by atoms with E-state index in [4.69, 9.17) is 9.11 Å². The highest BCUT2D eigenvalue weighted by Gasteiger charge is 2.30. The van der Waals surface area contributed by atoms with E-state index in [0.29, 0.717) is 0 Å².